The number of hydrogen-bond acceptors (Lipinski definition) is 3. The van der Waals surface area contributed by atoms with Crippen molar-refractivity contribution in [2.45, 2.75) is 30.3 Å². The van der Waals surface area contributed by atoms with Crippen molar-refractivity contribution in [2.75, 3.05) is 0 Å². The summed E-state index contributed by atoms with van der Waals surface area (Å²) in [4.78, 5) is 12.9. The van der Waals surface area contributed by atoms with Gasteiger partial charge in [0.15, 0.2) is 0 Å². The van der Waals surface area contributed by atoms with E-state index in [1.54, 1.807) is 0 Å². The second-order valence-corrected chi connectivity index (χ2v) is 9.61. The highest BCUT2D eigenvalue weighted by Crippen LogP contribution is 2.25. The molecule has 0 aliphatic rings. The van der Waals surface area contributed by atoms with E-state index in [4.69, 9.17) is 23.2 Å². The van der Waals surface area contributed by atoms with Crippen molar-refractivity contribution in [1.82, 2.24) is 10.0 Å². The van der Waals surface area contributed by atoms with Crippen LogP contribution in [0.1, 0.15) is 24.1 Å². The molecule has 5 nitrogen and oxygen atoms in total. The second kappa shape index (κ2) is 10.3. The molecule has 1 amide bonds. The molecule has 0 bridgehead atoms. The molecule has 0 heterocycles. The van der Waals surface area contributed by atoms with E-state index < -0.39 is 22.0 Å². The second-order valence-electron chi connectivity index (χ2n) is 7.08. The summed E-state index contributed by atoms with van der Waals surface area (Å²) < 4.78 is 28.6. The number of nitrogens with one attached hydrogen (secondary N) is 2. The van der Waals surface area contributed by atoms with E-state index >= 15 is 0 Å². The molecule has 0 saturated heterocycles. The topological polar surface area (TPSA) is 75.3 Å². The molecule has 0 fully saturated rings. The van der Waals surface area contributed by atoms with Crippen LogP contribution in [0.5, 0.6) is 0 Å². The Bertz CT molecular complexity index is 1140. The highest BCUT2D eigenvalue weighted by molar-refractivity contribution is 7.89. The summed E-state index contributed by atoms with van der Waals surface area (Å²) in [6.07, 6.45) is 0.172. The van der Waals surface area contributed by atoms with Crippen LogP contribution in [0.25, 0.3) is 0 Å². The van der Waals surface area contributed by atoms with E-state index in [9.17, 15) is 13.2 Å². The molecule has 3 aromatic rings. The van der Waals surface area contributed by atoms with Gasteiger partial charge in [-0.15, -0.1) is 0 Å². The molecule has 0 radical (unpaired) electrons. The number of halogens is 2. The molecule has 31 heavy (non-hydrogen) atoms. The standard InChI is InChI=1S/C23H22Cl2N2O3S/c1-16(18-10-6-3-7-11-18)26-23(28)21(14-17-8-4-2-5-9-17)27-31(29,30)22-15-19(24)12-13-20(22)25/h2-13,15-16,21,27H,14H2,1H3,(H,26,28)/t16-,21-/m1/s1. The Morgan fingerprint density at radius 1 is 0.935 bits per heavy atom. The molecule has 0 saturated carbocycles. The lowest BCUT2D eigenvalue weighted by Crippen LogP contribution is -2.48. The van der Waals surface area contributed by atoms with Crippen molar-refractivity contribution >= 4 is 39.1 Å². The molecule has 0 spiro atoms. The van der Waals surface area contributed by atoms with Gasteiger partial charge in [0.05, 0.1) is 11.1 Å². The van der Waals surface area contributed by atoms with Gasteiger partial charge in [-0.1, -0.05) is 83.9 Å². The average molecular weight is 477 g/mol. The number of carbonyl (C=O) groups is 1. The minimum atomic E-state index is -4.11. The zero-order valence-corrected chi connectivity index (χ0v) is 19.1. The number of rotatable bonds is 8. The molecule has 2 atom stereocenters. The van der Waals surface area contributed by atoms with Crippen LogP contribution >= 0.6 is 23.2 Å². The highest BCUT2D eigenvalue weighted by atomic mass is 35.5. The molecule has 8 heteroatoms. The number of carbonyl (C=O) groups excluding carboxylic acids is 1. The summed E-state index contributed by atoms with van der Waals surface area (Å²) in [5.41, 5.74) is 1.73. The predicted molar refractivity (Wildman–Crippen MR) is 124 cm³/mol. The minimum Gasteiger partial charge on any atom is -0.348 e. The zero-order valence-electron chi connectivity index (χ0n) is 16.8. The molecule has 0 aromatic heterocycles. The molecule has 0 aliphatic carbocycles. The summed E-state index contributed by atoms with van der Waals surface area (Å²) in [6.45, 7) is 1.84. The average Bonchev–Trinajstić information content (AvgIpc) is 2.76. The van der Waals surface area contributed by atoms with Crippen LogP contribution in [0.15, 0.2) is 83.8 Å². The van der Waals surface area contributed by atoms with Crippen LogP contribution in [0, 0.1) is 0 Å². The molecular weight excluding hydrogens is 455 g/mol. The van der Waals surface area contributed by atoms with Gasteiger partial charge >= 0.3 is 0 Å². The lowest BCUT2D eigenvalue weighted by Gasteiger charge is -2.22. The molecular formula is C23H22Cl2N2O3S. The van der Waals surface area contributed by atoms with Gasteiger partial charge in [0.1, 0.15) is 10.9 Å². The van der Waals surface area contributed by atoms with Crippen LogP contribution in [0.4, 0.5) is 0 Å². The van der Waals surface area contributed by atoms with Crippen LogP contribution in [-0.4, -0.2) is 20.4 Å². The number of benzene rings is 3. The summed E-state index contributed by atoms with van der Waals surface area (Å²) in [7, 11) is -4.11. The SMILES string of the molecule is C[C@@H](NC(=O)[C@@H](Cc1ccccc1)NS(=O)(=O)c1cc(Cl)ccc1Cl)c1ccccc1. The Morgan fingerprint density at radius 2 is 1.55 bits per heavy atom. The maximum atomic E-state index is 13.1. The molecule has 3 rings (SSSR count). The molecule has 0 aliphatic heterocycles. The van der Waals surface area contributed by atoms with Crippen LogP contribution in [0.2, 0.25) is 10.0 Å². The predicted octanol–water partition coefficient (Wildman–Crippen LogP) is 4.76. The van der Waals surface area contributed by atoms with Crippen molar-refractivity contribution in [1.29, 1.82) is 0 Å². The summed E-state index contributed by atoms with van der Waals surface area (Å²) in [5.74, 6) is -0.443. The van der Waals surface area contributed by atoms with E-state index in [-0.39, 0.29) is 27.4 Å². The van der Waals surface area contributed by atoms with Gasteiger partial charge in [0.25, 0.3) is 0 Å². The van der Waals surface area contributed by atoms with Crippen molar-refractivity contribution in [2.24, 2.45) is 0 Å². The van der Waals surface area contributed by atoms with Crippen LogP contribution in [0.3, 0.4) is 0 Å². The van der Waals surface area contributed by atoms with E-state index in [2.05, 4.69) is 10.0 Å². The van der Waals surface area contributed by atoms with Crippen molar-refractivity contribution < 1.29 is 13.2 Å². The first-order valence-electron chi connectivity index (χ1n) is 9.63. The van der Waals surface area contributed by atoms with Crippen molar-refractivity contribution in [3.8, 4) is 0 Å². The quantitative estimate of drug-likeness (QED) is 0.491. The minimum absolute atomic E-state index is 0.0217. The zero-order chi connectivity index (χ0) is 22.4. The Balaban J connectivity index is 1.87. The highest BCUT2D eigenvalue weighted by Gasteiger charge is 2.28. The van der Waals surface area contributed by atoms with Crippen molar-refractivity contribution in [3.05, 3.63) is 100 Å². The largest absolute Gasteiger partial charge is 0.348 e. The first-order valence-corrected chi connectivity index (χ1v) is 11.9. The van der Waals surface area contributed by atoms with Gasteiger partial charge in [0.2, 0.25) is 15.9 Å². The smallest absolute Gasteiger partial charge is 0.242 e. The third-order valence-electron chi connectivity index (χ3n) is 4.74. The van der Waals surface area contributed by atoms with Gasteiger partial charge in [-0.05, 0) is 42.7 Å². The van der Waals surface area contributed by atoms with Crippen LogP contribution < -0.4 is 10.0 Å². The number of amides is 1. The first kappa shape index (κ1) is 23.3. The van der Waals surface area contributed by atoms with Gasteiger partial charge in [-0.25, -0.2) is 8.42 Å². The third-order valence-corrected chi connectivity index (χ3v) is 6.93. The fourth-order valence-corrected chi connectivity index (χ4v) is 5.07. The summed E-state index contributed by atoms with van der Waals surface area (Å²) >= 11 is 12.0. The lowest BCUT2D eigenvalue weighted by atomic mass is 10.0. The summed E-state index contributed by atoms with van der Waals surface area (Å²) in [5, 5.41) is 3.14. The fraction of sp³-hybridized carbons (Fsp3) is 0.174. The fourth-order valence-electron chi connectivity index (χ4n) is 3.11. The number of sulfonamides is 1. The number of hydrogen-bond donors (Lipinski definition) is 2. The third kappa shape index (κ3) is 6.31. The van der Waals surface area contributed by atoms with Crippen LogP contribution in [-0.2, 0) is 21.2 Å². The van der Waals surface area contributed by atoms with E-state index in [1.807, 2.05) is 67.6 Å². The van der Waals surface area contributed by atoms with Gasteiger partial charge < -0.3 is 5.32 Å². The monoisotopic (exact) mass is 476 g/mol. The Hall–Kier alpha value is -2.38. The molecule has 162 valence electrons. The Morgan fingerprint density at radius 3 is 2.19 bits per heavy atom. The van der Waals surface area contributed by atoms with Gasteiger partial charge in [0, 0.05) is 5.02 Å². The molecule has 0 unspecified atom stereocenters. The van der Waals surface area contributed by atoms with E-state index in [1.165, 1.54) is 18.2 Å². The Labute approximate surface area is 192 Å². The summed E-state index contributed by atoms with van der Waals surface area (Å²) in [6, 6.07) is 21.4. The normalized spacial score (nSPS) is 13.4. The van der Waals surface area contributed by atoms with Crippen molar-refractivity contribution in [3.63, 3.8) is 0 Å². The maximum Gasteiger partial charge on any atom is 0.242 e. The maximum absolute atomic E-state index is 13.1. The van der Waals surface area contributed by atoms with E-state index in [0.29, 0.717) is 0 Å². The van der Waals surface area contributed by atoms with E-state index in [0.717, 1.165) is 11.1 Å². The molecule has 3 aromatic carbocycles. The molecule has 2 N–H and O–H groups in total. The van der Waals surface area contributed by atoms with Gasteiger partial charge in [-0.2, -0.15) is 4.72 Å². The van der Waals surface area contributed by atoms with Gasteiger partial charge in [-0.3, -0.25) is 4.79 Å². The Kier molecular flexibility index (Phi) is 7.73. The lowest BCUT2D eigenvalue weighted by molar-refractivity contribution is -0.123. The first-order chi connectivity index (χ1) is 14.8.